The van der Waals surface area contributed by atoms with E-state index in [1.54, 1.807) is 36.2 Å². The lowest BCUT2D eigenvalue weighted by atomic mass is 10.2. The summed E-state index contributed by atoms with van der Waals surface area (Å²) in [5.41, 5.74) is -0.242. The van der Waals surface area contributed by atoms with Gasteiger partial charge in [0.1, 0.15) is 6.54 Å². The summed E-state index contributed by atoms with van der Waals surface area (Å²) >= 11 is 0. The molecule has 0 aliphatic carbocycles. The van der Waals surface area contributed by atoms with E-state index in [0.717, 1.165) is 17.4 Å². The first-order chi connectivity index (χ1) is 11.0. The third-order valence-electron chi connectivity index (χ3n) is 4.01. The van der Waals surface area contributed by atoms with Gasteiger partial charge < -0.3 is 4.90 Å². The largest absolute Gasteiger partial charge is 0.344 e. The second-order valence-electron chi connectivity index (χ2n) is 5.60. The molecule has 6 heteroatoms. The predicted octanol–water partition coefficient (Wildman–Crippen LogP) is 1.44. The molecule has 6 nitrogen and oxygen atoms in total. The monoisotopic (exact) mass is 317 g/mol. The molecular weight excluding hydrogens is 294 g/mol. The Bertz CT molecular complexity index is 820. The van der Waals surface area contributed by atoms with E-state index in [1.165, 1.54) is 4.57 Å². The van der Waals surface area contributed by atoms with E-state index in [1.807, 2.05) is 13.8 Å². The highest BCUT2D eigenvalue weighted by Crippen LogP contribution is 2.07. The minimum Gasteiger partial charge on any atom is -0.344 e. The van der Waals surface area contributed by atoms with Gasteiger partial charge in [-0.3, -0.25) is 18.7 Å². The van der Waals surface area contributed by atoms with Gasteiger partial charge in [0.15, 0.2) is 0 Å². The highest BCUT2D eigenvalue weighted by molar-refractivity contribution is 5.79. The van der Waals surface area contributed by atoms with Crippen molar-refractivity contribution < 1.29 is 4.79 Å². The number of aryl methyl sites for hydroxylation is 1. The van der Waals surface area contributed by atoms with Crippen LogP contribution in [-0.4, -0.2) is 33.5 Å². The first-order valence-electron chi connectivity index (χ1n) is 7.97. The zero-order valence-electron chi connectivity index (χ0n) is 13.9. The van der Waals surface area contributed by atoms with Crippen LogP contribution in [0.2, 0.25) is 0 Å². The van der Waals surface area contributed by atoms with Gasteiger partial charge in [-0.15, -0.1) is 0 Å². The van der Waals surface area contributed by atoms with E-state index in [9.17, 15) is 14.4 Å². The van der Waals surface area contributed by atoms with Crippen molar-refractivity contribution in [3.8, 4) is 0 Å². The van der Waals surface area contributed by atoms with E-state index in [4.69, 9.17) is 0 Å². The summed E-state index contributed by atoms with van der Waals surface area (Å²) in [6, 6.07) is 6.99. The van der Waals surface area contributed by atoms with Gasteiger partial charge in [0.2, 0.25) is 5.91 Å². The third-order valence-corrected chi connectivity index (χ3v) is 4.01. The summed E-state index contributed by atoms with van der Waals surface area (Å²) in [5, 5.41) is 0.456. The molecule has 0 atom stereocenters. The van der Waals surface area contributed by atoms with Crippen molar-refractivity contribution in [1.82, 2.24) is 14.0 Å². The average Bonchev–Trinajstić information content (AvgIpc) is 2.56. The summed E-state index contributed by atoms with van der Waals surface area (Å²) in [6.45, 7) is 4.74. The van der Waals surface area contributed by atoms with Crippen molar-refractivity contribution >= 4 is 16.8 Å². The minimum atomic E-state index is -0.437. The maximum atomic E-state index is 12.6. The number of likely N-dealkylation sites (N-methyl/N-ethyl adjacent to an activating group) is 1. The Morgan fingerprint density at radius 1 is 1.13 bits per heavy atom. The summed E-state index contributed by atoms with van der Waals surface area (Å²) < 4.78 is 2.56. The zero-order chi connectivity index (χ0) is 17.0. The lowest BCUT2D eigenvalue weighted by Crippen LogP contribution is -2.44. The second-order valence-corrected chi connectivity index (χ2v) is 5.60. The molecule has 0 saturated carbocycles. The van der Waals surface area contributed by atoms with Crippen LogP contribution in [0.15, 0.2) is 33.9 Å². The Labute approximate surface area is 135 Å². The van der Waals surface area contributed by atoms with E-state index in [2.05, 4.69) is 0 Å². The predicted molar refractivity (Wildman–Crippen MR) is 90.7 cm³/mol. The topological polar surface area (TPSA) is 64.3 Å². The first kappa shape index (κ1) is 17.0. The molecule has 0 radical (unpaired) electrons. The van der Waals surface area contributed by atoms with Crippen LogP contribution in [0.4, 0.5) is 0 Å². The highest BCUT2D eigenvalue weighted by atomic mass is 16.2. The Kier molecular flexibility index (Phi) is 5.36. The maximum absolute atomic E-state index is 12.6. The van der Waals surface area contributed by atoms with Gasteiger partial charge >= 0.3 is 5.69 Å². The lowest BCUT2D eigenvalue weighted by Gasteiger charge is -2.18. The number of carbonyl (C=O) groups is 1. The summed E-state index contributed by atoms with van der Waals surface area (Å²) in [4.78, 5) is 39.0. The molecule has 2 rings (SSSR count). The number of fused-ring (bicyclic) bond motifs is 1. The number of hydrogen-bond acceptors (Lipinski definition) is 3. The van der Waals surface area contributed by atoms with Crippen molar-refractivity contribution in [2.75, 3.05) is 13.6 Å². The number of amides is 1. The Balaban J connectivity index is 2.47. The van der Waals surface area contributed by atoms with Crippen LogP contribution < -0.4 is 11.2 Å². The van der Waals surface area contributed by atoms with Gasteiger partial charge in [0, 0.05) is 20.1 Å². The van der Waals surface area contributed by atoms with E-state index in [-0.39, 0.29) is 12.5 Å². The van der Waals surface area contributed by atoms with Gasteiger partial charge in [0.25, 0.3) is 5.56 Å². The molecule has 0 aliphatic rings. The fourth-order valence-corrected chi connectivity index (χ4v) is 2.59. The Morgan fingerprint density at radius 3 is 2.48 bits per heavy atom. The van der Waals surface area contributed by atoms with Gasteiger partial charge in [0.05, 0.1) is 10.9 Å². The van der Waals surface area contributed by atoms with Crippen LogP contribution in [0.3, 0.4) is 0 Å². The molecule has 0 fully saturated rings. The lowest BCUT2D eigenvalue weighted by molar-refractivity contribution is -0.130. The summed E-state index contributed by atoms with van der Waals surface area (Å²) in [6.07, 6.45) is 1.88. The van der Waals surface area contributed by atoms with Crippen LogP contribution >= 0.6 is 0 Å². The number of aromatic nitrogens is 2. The average molecular weight is 317 g/mol. The van der Waals surface area contributed by atoms with Crippen molar-refractivity contribution in [2.45, 2.75) is 39.8 Å². The van der Waals surface area contributed by atoms with E-state index >= 15 is 0 Å². The number of nitrogens with zero attached hydrogens (tertiary/aromatic N) is 3. The van der Waals surface area contributed by atoms with Crippen molar-refractivity contribution in [3.63, 3.8) is 0 Å². The zero-order valence-corrected chi connectivity index (χ0v) is 13.9. The van der Waals surface area contributed by atoms with Gasteiger partial charge in [-0.05, 0) is 25.5 Å². The smallest absolute Gasteiger partial charge is 0.331 e. The SMILES string of the molecule is CCCCN(C)C(=O)Cn1c(=O)c2ccccc2n(CC)c1=O. The van der Waals surface area contributed by atoms with Crippen LogP contribution in [-0.2, 0) is 17.9 Å². The number of rotatable bonds is 6. The molecule has 0 unspecified atom stereocenters. The number of unbranched alkanes of at least 4 members (excludes halogenated alkanes) is 1. The van der Waals surface area contributed by atoms with Crippen molar-refractivity contribution in [2.24, 2.45) is 0 Å². The Morgan fingerprint density at radius 2 is 1.83 bits per heavy atom. The molecule has 0 aliphatic heterocycles. The standard InChI is InChI=1S/C17H23N3O3/c1-4-6-11-18(3)15(21)12-20-16(22)13-9-7-8-10-14(13)19(5-2)17(20)23/h7-10H,4-6,11-12H2,1-3H3. The first-order valence-corrected chi connectivity index (χ1v) is 7.97. The molecule has 1 amide bonds. The summed E-state index contributed by atoms with van der Waals surface area (Å²) in [5.74, 6) is -0.226. The highest BCUT2D eigenvalue weighted by Gasteiger charge is 2.16. The molecule has 0 N–H and O–H groups in total. The Hall–Kier alpha value is -2.37. The van der Waals surface area contributed by atoms with E-state index in [0.29, 0.717) is 24.0 Å². The molecule has 1 aromatic carbocycles. The van der Waals surface area contributed by atoms with Gasteiger partial charge in [-0.2, -0.15) is 0 Å². The normalized spacial score (nSPS) is 10.9. The molecule has 0 spiro atoms. The van der Waals surface area contributed by atoms with Crippen molar-refractivity contribution in [1.29, 1.82) is 0 Å². The number of para-hydroxylation sites is 1. The number of carbonyl (C=O) groups excluding carboxylic acids is 1. The minimum absolute atomic E-state index is 0.220. The molecule has 23 heavy (non-hydrogen) atoms. The third kappa shape index (κ3) is 3.36. The van der Waals surface area contributed by atoms with Crippen LogP contribution in [0.5, 0.6) is 0 Å². The van der Waals surface area contributed by atoms with Crippen LogP contribution in [0, 0.1) is 0 Å². The summed E-state index contributed by atoms with van der Waals surface area (Å²) in [7, 11) is 1.70. The maximum Gasteiger partial charge on any atom is 0.331 e. The second kappa shape index (κ2) is 7.26. The molecule has 1 aromatic heterocycles. The van der Waals surface area contributed by atoms with Gasteiger partial charge in [-0.1, -0.05) is 25.5 Å². The fourth-order valence-electron chi connectivity index (χ4n) is 2.59. The molecular formula is C17H23N3O3. The number of benzene rings is 1. The molecule has 1 heterocycles. The molecule has 2 aromatic rings. The van der Waals surface area contributed by atoms with Gasteiger partial charge in [-0.25, -0.2) is 4.79 Å². The van der Waals surface area contributed by atoms with Crippen LogP contribution in [0.1, 0.15) is 26.7 Å². The van der Waals surface area contributed by atoms with Crippen LogP contribution in [0.25, 0.3) is 10.9 Å². The molecule has 0 bridgehead atoms. The fraction of sp³-hybridized carbons (Fsp3) is 0.471. The van der Waals surface area contributed by atoms with E-state index < -0.39 is 11.2 Å². The molecule has 124 valence electrons. The number of hydrogen-bond donors (Lipinski definition) is 0. The molecule has 0 saturated heterocycles. The quantitative estimate of drug-likeness (QED) is 0.810. The van der Waals surface area contributed by atoms with Crippen molar-refractivity contribution in [3.05, 3.63) is 45.1 Å².